The fraction of sp³-hybridized carbons (Fsp3) is 0.889. The van der Waals surface area contributed by atoms with Gasteiger partial charge in [-0.25, -0.2) is 4.79 Å². The van der Waals surface area contributed by atoms with Crippen LogP contribution in [0.3, 0.4) is 0 Å². The van der Waals surface area contributed by atoms with Gasteiger partial charge in [-0.2, -0.15) is 17.0 Å². The number of carbonyl (C=O) groups excluding carboxylic acids is 1. The lowest BCUT2D eigenvalue weighted by Gasteiger charge is -2.34. The highest BCUT2D eigenvalue weighted by Crippen LogP contribution is 2.42. The summed E-state index contributed by atoms with van der Waals surface area (Å²) in [5.41, 5.74) is -0.589. The number of nitrogens with zero attached hydrogens (tertiary/aromatic N) is 2. The zero-order chi connectivity index (χ0) is 18.8. The molecule has 0 aromatic rings. The summed E-state index contributed by atoms with van der Waals surface area (Å²) < 4.78 is 17.8. The van der Waals surface area contributed by atoms with E-state index in [4.69, 9.17) is 14.2 Å². The van der Waals surface area contributed by atoms with E-state index in [2.05, 4.69) is 13.0 Å². The molecule has 0 spiro atoms. The maximum absolute atomic E-state index is 12.9. The van der Waals surface area contributed by atoms with Gasteiger partial charge in [0.2, 0.25) is 0 Å². The van der Waals surface area contributed by atoms with Crippen LogP contribution in [-0.2, 0) is 14.2 Å². The first kappa shape index (κ1) is 20.3. The van der Waals surface area contributed by atoms with E-state index in [1.165, 1.54) is 0 Å². The van der Waals surface area contributed by atoms with E-state index in [0.29, 0.717) is 0 Å². The van der Waals surface area contributed by atoms with Crippen molar-refractivity contribution in [2.45, 2.75) is 90.1 Å². The Kier molecular flexibility index (Phi) is 6.29. The quantitative estimate of drug-likeness (QED) is 0.689. The third kappa shape index (κ3) is 4.81. The number of hydrogen-bond donors (Lipinski definition) is 0. The predicted molar refractivity (Wildman–Crippen MR) is 97.3 cm³/mol. The molecule has 0 aliphatic carbocycles. The monoisotopic (exact) mass is 370 g/mol. The van der Waals surface area contributed by atoms with Crippen LogP contribution in [0.25, 0.3) is 0 Å². The first-order valence-electron chi connectivity index (χ1n) is 8.91. The van der Waals surface area contributed by atoms with Gasteiger partial charge in [0.15, 0.2) is 5.79 Å². The molecule has 6 nitrogen and oxygen atoms in total. The van der Waals surface area contributed by atoms with Gasteiger partial charge in [0.05, 0.1) is 24.6 Å². The summed E-state index contributed by atoms with van der Waals surface area (Å²) in [4.78, 5) is 14.6. The van der Waals surface area contributed by atoms with Crippen LogP contribution >= 0.6 is 11.8 Å². The van der Waals surface area contributed by atoms with Gasteiger partial charge in [-0.15, -0.1) is 0 Å². The van der Waals surface area contributed by atoms with Crippen molar-refractivity contribution in [1.29, 1.82) is 5.26 Å². The smallest absolute Gasteiger partial charge is 0.411 e. The van der Waals surface area contributed by atoms with Crippen molar-refractivity contribution in [3.8, 4) is 6.07 Å². The Morgan fingerprint density at radius 2 is 1.88 bits per heavy atom. The van der Waals surface area contributed by atoms with Crippen LogP contribution in [0.15, 0.2) is 0 Å². The summed E-state index contributed by atoms with van der Waals surface area (Å²) in [6.45, 7) is 11.4. The molecule has 0 unspecified atom stereocenters. The fourth-order valence-electron chi connectivity index (χ4n) is 3.39. The van der Waals surface area contributed by atoms with Crippen molar-refractivity contribution in [2.24, 2.45) is 0 Å². The van der Waals surface area contributed by atoms with Crippen molar-refractivity contribution in [2.75, 3.05) is 11.5 Å². The van der Waals surface area contributed by atoms with Crippen molar-refractivity contribution in [3.05, 3.63) is 0 Å². The van der Waals surface area contributed by atoms with Crippen LogP contribution < -0.4 is 0 Å². The van der Waals surface area contributed by atoms with E-state index in [1.807, 2.05) is 34.6 Å². The summed E-state index contributed by atoms with van der Waals surface area (Å²) in [6, 6.07) is 1.69. The van der Waals surface area contributed by atoms with Gasteiger partial charge < -0.3 is 14.2 Å². The molecule has 0 saturated carbocycles. The van der Waals surface area contributed by atoms with E-state index in [1.54, 1.807) is 16.7 Å². The second kappa shape index (κ2) is 7.73. The summed E-state index contributed by atoms with van der Waals surface area (Å²) in [5, 5.41) is 9.28. The Labute approximate surface area is 155 Å². The number of amides is 1. The van der Waals surface area contributed by atoms with E-state index in [-0.39, 0.29) is 30.7 Å². The van der Waals surface area contributed by atoms with E-state index in [0.717, 1.165) is 17.9 Å². The third-order valence-electron chi connectivity index (χ3n) is 4.18. The lowest BCUT2D eigenvalue weighted by molar-refractivity contribution is -0.165. The maximum atomic E-state index is 12.9. The molecule has 0 aromatic heterocycles. The zero-order valence-corrected chi connectivity index (χ0v) is 16.9. The van der Waals surface area contributed by atoms with E-state index >= 15 is 0 Å². The highest BCUT2D eigenvalue weighted by atomic mass is 32.2. The van der Waals surface area contributed by atoms with Crippen LogP contribution in [0.5, 0.6) is 0 Å². The molecule has 0 bridgehead atoms. The molecule has 2 aliphatic rings. The maximum Gasteiger partial charge on any atom is 0.411 e. The molecule has 25 heavy (non-hydrogen) atoms. The molecule has 2 aliphatic heterocycles. The highest BCUT2D eigenvalue weighted by Gasteiger charge is 2.59. The number of fused-ring (bicyclic) bond motifs is 1. The topological polar surface area (TPSA) is 71.8 Å². The van der Waals surface area contributed by atoms with Crippen molar-refractivity contribution < 1.29 is 19.0 Å². The molecule has 2 rings (SSSR count). The summed E-state index contributed by atoms with van der Waals surface area (Å²) in [5.74, 6) is 1.07. The van der Waals surface area contributed by atoms with Gasteiger partial charge in [0.25, 0.3) is 0 Å². The Balaban J connectivity index is 2.27. The number of hydrogen-bond acceptors (Lipinski definition) is 6. The third-order valence-corrected chi connectivity index (χ3v) is 5.45. The Morgan fingerprint density at radius 1 is 1.28 bits per heavy atom. The van der Waals surface area contributed by atoms with Crippen LogP contribution in [-0.4, -0.2) is 58.2 Å². The van der Waals surface area contributed by atoms with Crippen LogP contribution in [0.1, 0.15) is 54.4 Å². The molecule has 142 valence electrons. The highest BCUT2D eigenvalue weighted by molar-refractivity contribution is 7.99. The lowest BCUT2D eigenvalue weighted by Crippen LogP contribution is -2.49. The van der Waals surface area contributed by atoms with Crippen LogP contribution in [0.2, 0.25) is 0 Å². The minimum Gasteiger partial charge on any atom is -0.444 e. The molecule has 0 aromatic carbocycles. The van der Waals surface area contributed by atoms with E-state index in [9.17, 15) is 10.1 Å². The molecular formula is C18H30N2O4S. The number of ether oxygens (including phenoxy) is 3. The summed E-state index contributed by atoms with van der Waals surface area (Å²) >= 11 is 1.79. The van der Waals surface area contributed by atoms with Gasteiger partial charge in [0.1, 0.15) is 17.8 Å². The van der Waals surface area contributed by atoms with Crippen molar-refractivity contribution >= 4 is 17.9 Å². The molecule has 2 saturated heterocycles. The molecule has 0 radical (unpaired) electrons. The molecule has 2 heterocycles. The zero-order valence-electron chi connectivity index (χ0n) is 16.1. The van der Waals surface area contributed by atoms with Gasteiger partial charge in [0, 0.05) is 5.75 Å². The molecule has 2 fully saturated rings. The number of likely N-dealkylation sites (tertiary alicyclic amines) is 1. The second-order valence-corrected chi connectivity index (χ2v) is 9.17. The first-order chi connectivity index (χ1) is 11.6. The van der Waals surface area contributed by atoms with Crippen molar-refractivity contribution in [1.82, 2.24) is 4.90 Å². The molecule has 0 N–H and O–H groups in total. The van der Waals surface area contributed by atoms with Crippen LogP contribution in [0.4, 0.5) is 4.79 Å². The van der Waals surface area contributed by atoms with Gasteiger partial charge >= 0.3 is 6.09 Å². The predicted octanol–water partition coefficient (Wildman–Crippen LogP) is 3.55. The molecular weight excluding hydrogens is 340 g/mol. The van der Waals surface area contributed by atoms with Gasteiger partial charge in [-0.05, 0) is 46.8 Å². The Morgan fingerprint density at radius 3 is 2.40 bits per heavy atom. The second-order valence-electron chi connectivity index (χ2n) is 8.02. The molecule has 1 amide bonds. The fourth-order valence-corrected chi connectivity index (χ4v) is 4.44. The largest absolute Gasteiger partial charge is 0.444 e. The number of thioether (sulfide) groups is 1. The normalized spacial score (nSPS) is 30.8. The standard InChI is InChI=1S/C18H30N2O4S/c1-7-10-25-11-13-15-14(22-18(5,6)23-15)12(8-9-19)20(13)16(21)24-17(2,3)4/h12-15H,7-8,10-11H2,1-6H3/t12-,13+,14-,15+/m0/s1. The van der Waals surface area contributed by atoms with Crippen LogP contribution in [0, 0.1) is 11.3 Å². The molecule has 7 heteroatoms. The van der Waals surface area contributed by atoms with Gasteiger partial charge in [-0.3, -0.25) is 4.90 Å². The summed E-state index contributed by atoms with van der Waals surface area (Å²) in [6.07, 6.45) is 0.353. The first-order valence-corrected chi connectivity index (χ1v) is 10.1. The lowest BCUT2D eigenvalue weighted by atomic mass is 10.1. The van der Waals surface area contributed by atoms with E-state index < -0.39 is 17.5 Å². The average Bonchev–Trinajstić information content (AvgIpc) is 2.90. The Hall–Kier alpha value is -0.970. The number of carbonyl (C=O) groups is 1. The van der Waals surface area contributed by atoms with Gasteiger partial charge in [-0.1, -0.05) is 6.92 Å². The Bertz CT molecular complexity index is 526. The summed E-state index contributed by atoms with van der Waals surface area (Å²) in [7, 11) is 0. The molecule has 4 atom stereocenters. The SMILES string of the molecule is CCCSC[C@@H]1[C@H]2OC(C)(C)O[C@H]2[C@H](CC#N)N1C(=O)OC(C)(C)C. The van der Waals surface area contributed by atoms with Crippen molar-refractivity contribution in [3.63, 3.8) is 0 Å². The minimum atomic E-state index is -0.698. The average molecular weight is 371 g/mol. The number of nitriles is 1. The minimum absolute atomic E-state index is 0.156. The number of rotatable bonds is 5.